The predicted molar refractivity (Wildman–Crippen MR) is 80.3 cm³/mol. The van der Waals surface area contributed by atoms with Crippen molar-refractivity contribution in [3.05, 3.63) is 35.4 Å². The minimum atomic E-state index is -0.0675. The largest absolute Gasteiger partial charge is 0.352 e. The van der Waals surface area contributed by atoms with Crippen LogP contribution in [0.3, 0.4) is 0 Å². The van der Waals surface area contributed by atoms with E-state index >= 15 is 0 Å². The zero-order chi connectivity index (χ0) is 13.9. The third-order valence-electron chi connectivity index (χ3n) is 4.68. The average molecular weight is 272 g/mol. The Morgan fingerprint density at radius 3 is 2.85 bits per heavy atom. The summed E-state index contributed by atoms with van der Waals surface area (Å²) >= 11 is 0. The highest BCUT2D eigenvalue weighted by molar-refractivity contribution is 5.82. The van der Waals surface area contributed by atoms with E-state index in [1.807, 2.05) is 0 Å². The van der Waals surface area contributed by atoms with Gasteiger partial charge in [-0.2, -0.15) is 0 Å². The number of fused-ring (bicyclic) bond motifs is 1. The first-order chi connectivity index (χ1) is 9.72. The first-order valence-corrected chi connectivity index (χ1v) is 7.83. The number of hydrogen-bond donors (Lipinski definition) is 2. The van der Waals surface area contributed by atoms with Gasteiger partial charge in [-0.15, -0.1) is 0 Å². The number of benzene rings is 1. The third kappa shape index (κ3) is 3.04. The van der Waals surface area contributed by atoms with Crippen LogP contribution in [0.5, 0.6) is 0 Å². The molecule has 2 aliphatic rings. The minimum absolute atomic E-state index is 0.0675. The lowest BCUT2D eigenvalue weighted by Crippen LogP contribution is -2.51. The maximum absolute atomic E-state index is 12.4. The van der Waals surface area contributed by atoms with Crippen molar-refractivity contribution < 1.29 is 4.79 Å². The fourth-order valence-electron chi connectivity index (χ4n) is 3.51. The molecule has 1 aliphatic heterocycles. The third-order valence-corrected chi connectivity index (χ3v) is 4.68. The maximum atomic E-state index is 12.4. The Balaban J connectivity index is 1.59. The lowest BCUT2D eigenvalue weighted by atomic mass is 9.86. The van der Waals surface area contributed by atoms with Crippen LogP contribution in [-0.4, -0.2) is 18.0 Å². The highest BCUT2D eigenvalue weighted by Crippen LogP contribution is 2.24. The van der Waals surface area contributed by atoms with Gasteiger partial charge in [0, 0.05) is 12.6 Å². The molecular weight excluding hydrogens is 248 g/mol. The Bertz CT molecular complexity index is 486. The molecule has 1 fully saturated rings. The molecule has 20 heavy (non-hydrogen) atoms. The Labute approximate surface area is 121 Å². The van der Waals surface area contributed by atoms with E-state index in [0.717, 1.165) is 31.7 Å². The van der Waals surface area contributed by atoms with Crippen molar-refractivity contribution in [2.24, 2.45) is 5.92 Å². The van der Waals surface area contributed by atoms with E-state index in [1.165, 1.54) is 24.0 Å². The number of carbonyl (C=O) groups is 1. The highest BCUT2D eigenvalue weighted by atomic mass is 16.2. The molecule has 108 valence electrons. The Morgan fingerprint density at radius 2 is 2.05 bits per heavy atom. The molecule has 0 aromatic heterocycles. The van der Waals surface area contributed by atoms with Gasteiger partial charge in [-0.3, -0.25) is 4.79 Å². The van der Waals surface area contributed by atoms with Crippen LogP contribution in [0.15, 0.2) is 24.3 Å². The minimum Gasteiger partial charge on any atom is -0.352 e. The normalized spacial score (nSPS) is 29.6. The molecule has 1 saturated carbocycles. The smallest absolute Gasteiger partial charge is 0.237 e. The lowest BCUT2D eigenvalue weighted by Gasteiger charge is -2.31. The number of hydrogen-bond acceptors (Lipinski definition) is 2. The summed E-state index contributed by atoms with van der Waals surface area (Å²) in [6, 6.07) is 8.71. The zero-order valence-corrected chi connectivity index (χ0v) is 12.2. The van der Waals surface area contributed by atoms with Crippen molar-refractivity contribution in [1.82, 2.24) is 10.6 Å². The van der Waals surface area contributed by atoms with E-state index in [-0.39, 0.29) is 11.9 Å². The van der Waals surface area contributed by atoms with Crippen LogP contribution < -0.4 is 10.6 Å². The molecule has 2 N–H and O–H groups in total. The summed E-state index contributed by atoms with van der Waals surface area (Å²) in [5.41, 5.74) is 2.63. The van der Waals surface area contributed by atoms with Gasteiger partial charge in [0.15, 0.2) is 0 Å². The highest BCUT2D eigenvalue weighted by Gasteiger charge is 2.27. The van der Waals surface area contributed by atoms with Crippen LogP contribution in [0.1, 0.15) is 43.7 Å². The van der Waals surface area contributed by atoms with Gasteiger partial charge in [0.25, 0.3) is 0 Å². The molecule has 0 spiro atoms. The monoisotopic (exact) mass is 272 g/mol. The molecule has 0 radical (unpaired) electrons. The Kier molecular flexibility index (Phi) is 4.06. The van der Waals surface area contributed by atoms with Crippen molar-refractivity contribution in [3.8, 4) is 0 Å². The molecule has 0 saturated heterocycles. The number of carbonyl (C=O) groups excluding carboxylic acids is 1. The summed E-state index contributed by atoms with van der Waals surface area (Å²) in [4.78, 5) is 12.4. The molecule has 3 rings (SSSR count). The summed E-state index contributed by atoms with van der Waals surface area (Å²) < 4.78 is 0. The summed E-state index contributed by atoms with van der Waals surface area (Å²) in [7, 11) is 0. The number of rotatable bonds is 2. The van der Waals surface area contributed by atoms with E-state index in [2.05, 4.69) is 41.8 Å². The number of nitrogens with one attached hydrogen (secondary N) is 2. The van der Waals surface area contributed by atoms with Gasteiger partial charge in [-0.1, -0.05) is 44.0 Å². The van der Waals surface area contributed by atoms with Gasteiger partial charge < -0.3 is 10.6 Å². The van der Waals surface area contributed by atoms with Crippen molar-refractivity contribution in [2.75, 3.05) is 0 Å². The first-order valence-electron chi connectivity index (χ1n) is 7.83. The van der Waals surface area contributed by atoms with Gasteiger partial charge in [0.2, 0.25) is 5.91 Å². The van der Waals surface area contributed by atoms with E-state index in [9.17, 15) is 4.79 Å². The molecule has 1 aliphatic carbocycles. The molecule has 3 atom stereocenters. The fraction of sp³-hybridized carbons (Fsp3) is 0.588. The molecule has 1 aromatic rings. The molecule has 1 amide bonds. The van der Waals surface area contributed by atoms with Crippen molar-refractivity contribution in [3.63, 3.8) is 0 Å². The molecule has 0 bridgehead atoms. The van der Waals surface area contributed by atoms with Crippen LogP contribution in [0.4, 0.5) is 0 Å². The van der Waals surface area contributed by atoms with Crippen molar-refractivity contribution >= 4 is 5.91 Å². The maximum Gasteiger partial charge on any atom is 0.237 e. The average Bonchev–Trinajstić information content (AvgIpc) is 2.47. The SMILES string of the molecule is CC1CCCC(NC(=O)C2Cc3ccccc3CN2)C1. The molecule has 1 aromatic carbocycles. The predicted octanol–water partition coefficient (Wildman–Crippen LogP) is 2.40. The Hall–Kier alpha value is -1.35. The molecule has 3 unspecified atom stereocenters. The van der Waals surface area contributed by atoms with Gasteiger partial charge >= 0.3 is 0 Å². The van der Waals surface area contributed by atoms with Gasteiger partial charge in [-0.25, -0.2) is 0 Å². The van der Waals surface area contributed by atoms with Crippen LogP contribution in [0.25, 0.3) is 0 Å². The molecule has 3 heteroatoms. The molecule has 3 nitrogen and oxygen atoms in total. The van der Waals surface area contributed by atoms with Crippen LogP contribution >= 0.6 is 0 Å². The molecular formula is C17H24N2O. The van der Waals surface area contributed by atoms with E-state index in [4.69, 9.17) is 0 Å². The van der Waals surface area contributed by atoms with Crippen LogP contribution in [-0.2, 0) is 17.8 Å². The quantitative estimate of drug-likeness (QED) is 0.868. The first kappa shape index (κ1) is 13.6. The van der Waals surface area contributed by atoms with Gasteiger partial charge in [-0.05, 0) is 36.3 Å². The summed E-state index contributed by atoms with van der Waals surface area (Å²) in [6.45, 7) is 3.09. The second-order valence-electron chi connectivity index (χ2n) is 6.38. The summed E-state index contributed by atoms with van der Waals surface area (Å²) in [5.74, 6) is 0.924. The van der Waals surface area contributed by atoms with E-state index in [1.54, 1.807) is 0 Å². The fourth-order valence-corrected chi connectivity index (χ4v) is 3.51. The standard InChI is InChI=1S/C17H24N2O/c1-12-5-4-8-15(9-12)19-17(20)16-10-13-6-2-3-7-14(13)11-18-16/h2-3,6-7,12,15-16,18H,4-5,8-11H2,1H3,(H,19,20). The summed E-state index contributed by atoms with van der Waals surface area (Å²) in [5, 5.41) is 6.61. The summed E-state index contributed by atoms with van der Waals surface area (Å²) in [6.07, 6.45) is 5.63. The van der Waals surface area contributed by atoms with Crippen molar-refractivity contribution in [1.29, 1.82) is 0 Å². The zero-order valence-electron chi connectivity index (χ0n) is 12.2. The second kappa shape index (κ2) is 5.96. The van der Waals surface area contributed by atoms with E-state index < -0.39 is 0 Å². The van der Waals surface area contributed by atoms with E-state index in [0.29, 0.717) is 6.04 Å². The van der Waals surface area contributed by atoms with Gasteiger partial charge in [0.05, 0.1) is 6.04 Å². The van der Waals surface area contributed by atoms with Crippen molar-refractivity contribution in [2.45, 2.75) is 57.7 Å². The van der Waals surface area contributed by atoms with Gasteiger partial charge in [0.1, 0.15) is 0 Å². The Morgan fingerprint density at radius 1 is 1.25 bits per heavy atom. The van der Waals surface area contributed by atoms with Crippen LogP contribution in [0.2, 0.25) is 0 Å². The van der Waals surface area contributed by atoms with Crippen LogP contribution in [0, 0.1) is 5.92 Å². The lowest BCUT2D eigenvalue weighted by molar-refractivity contribution is -0.124. The molecule has 1 heterocycles. The topological polar surface area (TPSA) is 41.1 Å². The number of amides is 1. The second-order valence-corrected chi connectivity index (χ2v) is 6.38.